The quantitative estimate of drug-likeness (QED) is 0.828. The van der Waals surface area contributed by atoms with Gasteiger partial charge >= 0.3 is 0 Å². The fourth-order valence-electron chi connectivity index (χ4n) is 2.57. The fraction of sp³-hybridized carbons (Fsp3) is 0.533. The molecule has 0 unspecified atom stereocenters. The molecule has 0 aromatic heterocycles. The van der Waals surface area contributed by atoms with Gasteiger partial charge in [0.1, 0.15) is 0 Å². The highest BCUT2D eigenvalue weighted by atomic mass is 32.2. The Bertz CT molecular complexity index is 659. The first-order valence-corrected chi connectivity index (χ1v) is 9.11. The van der Waals surface area contributed by atoms with Crippen LogP contribution in [-0.4, -0.2) is 26.9 Å². The molecule has 1 aromatic rings. The summed E-state index contributed by atoms with van der Waals surface area (Å²) in [7, 11) is -3.96. The molecule has 1 aliphatic rings. The van der Waals surface area contributed by atoms with E-state index in [4.69, 9.17) is 0 Å². The molecule has 0 bridgehead atoms. The predicted molar refractivity (Wildman–Crippen MR) is 81.2 cm³/mol. The van der Waals surface area contributed by atoms with Crippen molar-refractivity contribution in [1.29, 1.82) is 0 Å². The van der Waals surface area contributed by atoms with Gasteiger partial charge in [0.05, 0.1) is 4.90 Å². The van der Waals surface area contributed by atoms with Crippen LogP contribution in [-0.2, 0) is 14.8 Å². The topological polar surface area (TPSA) is 75.3 Å². The van der Waals surface area contributed by atoms with Crippen molar-refractivity contribution in [3.63, 3.8) is 0 Å². The average Bonchev–Trinajstić information content (AvgIpc) is 2.50. The summed E-state index contributed by atoms with van der Waals surface area (Å²) in [5.41, 5.74) is 0. The minimum absolute atomic E-state index is 0.000588. The first-order valence-electron chi connectivity index (χ1n) is 7.62. The second-order valence-electron chi connectivity index (χ2n) is 5.63. The van der Waals surface area contributed by atoms with Crippen LogP contribution in [0, 0.1) is 11.6 Å². The standard InChI is InChI=1S/C15H20F2N2O3S/c16-13-7-6-12(10-14(13)17)23(21,22)18-9-8-15(20)19-11-4-2-1-3-5-11/h6-7,10-11,18H,1-5,8-9H2,(H,19,20). The fourth-order valence-corrected chi connectivity index (χ4v) is 3.62. The normalized spacial score (nSPS) is 16.3. The third-order valence-corrected chi connectivity index (χ3v) is 5.27. The van der Waals surface area contributed by atoms with Gasteiger partial charge in [-0.2, -0.15) is 0 Å². The van der Waals surface area contributed by atoms with Crippen LogP contribution >= 0.6 is 0 Å². The van der Waals surface area contributed by atoms with Crippen LogP contribution < -0.4 is 10.0 Å². The number of hydrogen-bond acceptors (Lipinski definition) is 3. The number of amides is 1. The van der Waals surface area contributed by atoms with Crippen molar-refractivity contribution in [1.82, 2.24) is 10.0 Å². The van der Waals surface area contributed by atoms with E-state index in [2.05, 4.69) is 10.0 Å². The highest BCUT2D eigenvalue weighted by Crippen LogP contribution is 2.17. The highest BCUT2D eigenvalue weighted by Gasteiger charge is 2.18. The summed E-state index contributed by atoms with van der Waals surface area (Å²) >= 11 is 0. The molecule has 0 radical (unpaired) electrons. The Labute approximate surface area is 134 Å². The van der Waals surface area contributed by atoms with Gasteiger partial charge in [0.15, 0.2) is 11.6 Å². The Kier molecular flexibility index (Phi) is 6.06. The van der Waals surface area contributed by atoms with Gasteiger partial charge in [-0.1, -0.05) is 19.3 Å². The van der Waals surface area contributed by atoms with Gasteiger partial charge < -0.3 is 5.32 Å². The van der Waals surface area contributed by atoms with Gasteiger partial charge in [0, 0.05) is 19.0 Å². The Morgan fingerprint density at radius 2 is 1.83 bits per heavy atom. The number of carbonyl (C=O) groups excluding carboxylic acids is 1. The number of rotatable bonds is 6. The molecule has 0 aliphatic heterocycles. The van der Waals surface area contributed by atoms with Crippen molar-refractivity contribution in [3.05, 3.63) is 29.8 Å². The molecule has 2 rings (SSSR count). The zero-order valence-corrected chi connectivity index (χ0v) is 13.5. The molecule has 1 aromatic carbocycles. The van der Waals surface area contributed by atoms with Crippen LogP contribution in [0.15, 0.2) is 23.1 Å². The SMILES string of the molecule is O=C(CCNS(=O)(=O)c1ccc(F)c(F)c1)NC1CCCCC1. The van der Waals surface area contributed by atoms with E-state index in [1.165, 1.54) is 6.42 Å². The van der Waals surface area contributed by atoms with Gasteiger partial charge in [0.25, 0.3) is 0 Å². The van der Waals surface area contributed by atoms with E-state index in [0.29, 0.717) is 6.07 Å². The van der Waals surface area contributed by atoms with Crippen molar-refractivity contribution >= 4 is 15.9 Å². The van der Waals surface area contributed by atoms with Crippen LogP contribution in [0.1, 0.15) is 38.5 Å². The zero-order chi connectivity index (χ0) is 16.9. The molecule has 8 heteroatoms. The second-order valence-corrected chi connectivity index (χ2v) is 7.39. The maximum absolute atomic E-state index is 13.1. The number of benzene rings is 1. The smallest absolute Gasteiger partial charge is 0.240 e. The first-order chi connectivity index (χ1) is 10.9. The molecule has 0 spiro atoms. The molecular weight excluding hydrogens is 326 g/mol. The largest absolute Gasteiger partial charge is 0.353 e. The third kappa shape index (κ3) is 5.24. The maximum atomic E-state index is 13.1. The highest BCUT2D eigenvalue weighted by molar-refractivity contribution is 7.89. The maximum Gasteiger partial charge on any atom is 0.240 e. The van der Waals surface area contributed by atoms with Crippen molar-refractivity contribution in [2.45, 2.75) is 49.5 Å². The van der Waals surface area contributed by atoms with Gasteiger partial charge in [-0.3, -0.25) is 4.79 Å². The van der Waals surface area contributed by atoms with E-state index in [0.717, 1.165) is 37.8 Å². The molecule has 0 heterocycles. The molecule has 128 valence electrons. The summed E-state index contributed by atoms with van der Waals surface area (Å²) in [5, 5.41) is 2.88. The van der Waals surface area contributed by atoms with Crippen molar-refractivity contribution in [3.8, 4) is 0 Å². The number of nitrogens with one attached hydrogen (secondary N) is 2. The molecule has 2 N–H and O–H groups in total. The van der Waals surface area contributed by atoms with Crippen LogP contribution in [0.5, 0.6) is 0 Å². The van der Waals surface area contributed by atoms with Crippen LogP contribution in [0.3, 0.4) is 0 Å². The summed E-state index contributed by atoms with van der Waals surface area (Å²) in [5.74, 6) is -2.57. The summed E-state index contributed by atoms with van der Waals surface area (Å²) in [6.45, 7) is -0.0973. The zero-order valence-electron chi connectivity index (χ0n) is 12.6. The monoisotopic (exact) mass is 346 g/mol. The van der Waals surface area contributed by atoms with Gasteiger partial charge in [-0.05, 0) is 31.0 Å². The number of carbonyl (C=O) groups is 1. The molecule has 1 amide bonds. The van der Waals surface area contributed by atoms with Crippen LogP contribution in [0.25, 0.3) is 0 Å². The average molecular weight is 346 g/mol. The predicted octanol–water partition coefficient (Wildman–Crippen LogP) is 2.08. The minimum Gasteiger partial charge on any atom is -0.353 e. The van der Waals surface area contributed by atoms with E-state index < -0.39 is 21.7 Å². The molecule has 5 nitrogen and oxygen atoms in total. The van der Waals surface area contributed by atoms with E-state index in [1.807, 2.05) is 0 Å². The lowest BCUT2D eigenvalue weighted by Gasteiger charge is -2.22. The Morgan fingerprint density at radius 3 is 2.48 bits per heavy atom. The van der Waals surface area contributed by atoms with E-state index in [1.54, 1.807) is 0 Å². The van der Waals surface area contributed by atoms with Crippen LogP contribution in [0.4, 0.5) is 8.78 Å². The Hall–Kier alpha value is -1.54. The summed E-state index contributed by atoms with van der Waals surface area (Å²) in [4.78, 5) is 11.4. The molecule has 1 fully saturated rings. The van der Waals surface area contributed by atoms with Gasteiger partial charge in [-0.15, -0.1) is 0 Å². The lowest BCUT2D eigenvalue weighted by atomic mass is 9.95. The van der Waals surface area contributed by atoms with Gasteiger partial charge in [0.2, 0.25) is 15.9 Å². The number of sulfonamides is 1. The molecular formula is C15H20F2N2O3S. The second kappa shape index (κ2) is 7.83. The Morgan fingerprint density at radius 1 is 1.13 bits per heavy atom. The molecule has 0 saturated heterocycles. The molecule has 1 saturated carbocycles. The van der Waals surface area contributed by atoms with Crippen molar-refractivity contribution in [2.24, 2.45) is 0 Å². The lowest BCUT2D eigenvalue weighted by molar-refractivity contribution is -0.121. The molecule has 0 atom stereocenters. The van der Waals surface area contributed by atoms with Crippen molar-refractivity contribution in [2.75, 3.05) is 6.54 Å². The van der Waals surface area contributed by atoms with E-state index in [9.17, 15) is 22.0 Å². The van der Waals surface area contributed by atoms with Gasteiger partial charge in [-0.25, -0.2) is 21.9 Å². The van der Waals surface area contributed by atoms with Crippen molar-refractivity contribution < 1.29 is 22.0 Å². The van der Waals surface area contributed by atoms with E-state index in [-0.39, 0.29) is 29.8 Å². The summed E-state index contributed by atoms with van der Waals surface area (Å²) < 4.78 is 52.0. The third-order valence-electron chi connectivity index (χ3n) is 3.82. The molecule has 23 heavy (non-hydrogen) atoms. The Balaban J connectivity index is 1.82. The molecule has 1 aliphatic carbocycles. The lowest BCUT2D eigenvalue weighted by Crippen LogP contribution is -2.38. The minimum atomic E-state index is -3.96. The summed E-state index contributed by atoms with van der Waals surface area (Å²) in [6.07, 6.45) is 5.26. The first kappa shape index (κ1) is 17.8. The van der Waals surface area contributed by atoms with E-state index >= 15 is 0 Å². The number of halogens is 2. The number of hydrogen-bond donors (Lipinski definition) is 2. The van der Waals surface area contributed by atoms with Crippen LogP contribution in [0.2, 0.25) is 0 Å². The summed E-state index contributed by atoms with van der Waals surface area (Å²) in [6, 6.07) is 2.50.